The maximum atomic E-state index is 13.6. The Morgan fingerprint density at radius 1 is 1.19 bits per heavy atom. The third kappa shape index (κ3) is 6.55. The predicted molar refractivity (Wildman–Crippen MR) is 106 cm³/mol. The zero-order valence-electron chi connectivity index (χ0n) is 17.6. The van der Waals surface area contributed by atoms with Gasteiger partial charge in [0.2, 0.25) is 5.92 Å². The molecule has 176 valence electrons. The second-order valence-electron chi connectivity index (χ2n) is 8.73. The molecule has 1 aliphatic heterocycles. The lowest BCUT2D eigenvalue weighted by Crippen LogP contribution is -2.45. The fourth-order valence-electron chi connectivity index (χ4n) is 4.38. The number of nitriles is 1. The van der Waals surface area contributed by atoms with Crippen LogP contribution in [-0.2, 0) is 0 Å². The van der Waals surface area contributed by atoms with E-state index in [1.807, 2.05) is 0 Å². The van der Waals surface area contributed by atoms with Crippen molar-refractivity contribution in [2.45, 2.75) is 51.1 Å². The van der Waals surface area contributed by atoms with Crippen LogP contribution in [0, 0.1) is 28.5 Å². The van der Waals surface area contributed by atoms with Crippen molar-refractivity contribution in [1.29, 1.82) is 5.26 Å². The van der Waals surface area contributed by atoms with Crippen LogP contribution in [0.4, 0.5) is 22.0 Å². The molecule has 5 nitrogen and oxygen atoms in total. The summed E-state index contributed by atoms with van der Waals surface area (Å²) in [4.78, 5) is 14.4. The number of rotatable bonds is 7. The van der Waals surface area contributed by atoms with E-state index in [0.29, 0.717) is 26.2 Å². The van der Waals surface area contributed by atoms with Gasteiger partial charge < -0.3 is 15.0 Å². The molecule has 0 unspecified atom stereocenters. The highest BCUT2D eigenvalue weighted by atomic mass is 19.3. The largest absolute Gasteiger partial charge is 0.435 e. The molecule has 1 saturated heterocycles. The molecule has 1 N–H and O–H groups in total. The Balaban J connectivity index is 1.46. The first-order valence-electron chi connectivity index (χ1n) is 10.6. The van der Waals surface area contributed by atoms with E-state index in [0.717, 1.165) is 31.0 Å². The minimum Gasteiger partial charge on any atom is -0.435 e. The molecule has 1 aliphatic carbocycles. The average Bonchev–Trinajstić information content (AvgIpc) is 2.74. The molecule has 0 radical (unpaired) electrons. The first-order valence-corrected chi connectivity index (χ1v) is 10.6. The number of likely N-dealkylation sites (tertiary alicyclic amines) is 1. The zero-order valence-corrected chi connectivity index (χ0v) is 17.6. The van der Waals surface area contributed by atoms with Crippen molar-refractivity contribution in [2.75, 3.05) is 26.2 Å². The molecule has 3 rings (SSSR count). The monoisotopic (exact) mass is 459 g/mol. The Morgan fingerprint density at radius 3 is 2.44 bits per heavy atom. The molecule has 1 saturated carbocycles. The Labute approximate surface area is 183 Å². The summed E-state index contributed by atoms with van der Waals surface area (Å²) in [6.45, 7) is -0.943. The van der Waals surface area contributed by atoms with Gasteiger partial charge in [0.05, 0.1) is 11.5 Å². The van der Waals surface area contributed by atoms with Gasteiger partial charge in [-0.15, -0.1) is 0 Å². The third-order valence-electron chi connectivity index (χ3n) is 6.32. The van der Waals surface area contributed by atoms with Crippen LogP contribution in [0.1, 0.15) is 48.9 Å². The molecule has 1 heterocycles. The fraction of sp³-hybridized carbons (Fsp3) is 0.636. The summed E-state index contributed by atoms with van der Waals surface area (Å²) in [5.41, 5.74) is -0.846. The first-order chi connectivity index (χ1) is 15.1. The minimum atomic E-state index is -3.12. The van der Waals surface area contributed by atoms with Crippen molar-refractivity contribution in [3.63, 3.8) is 0 Å². The van der Waals surface area contributed by atoms with Crippen LogP contribution in [0.3, 0.4) is 0 Å². The Kier molecular flexibility index (Phi) is 7.59. The van der Waals surface area contributed by atoms with Gasteiger partial charge in [-0.3, -0.25) is 4.79 Å². The highest BCUT2D eigenvalue weighted by Crippen LogP contribution is 2.44. The summed E-state index contributed by atoms with van der Waals surface area (Å²) < 4.78 is 69.4. The number of nitrogens with zero attached hydrogens (tertiary/aromatic N) is 2. The van der Waals surface area contributed by atoms with E-state index in [4.69, 9.17) is 0 Å². The molecule has 0 spiro atoms. The Bertz CT molecular complexity index is 840. The normalized spacial score (nSPS) is 21.2. The molecule has 2 aliphatic rings. The summed E-state index contributed by atoms with van der Waals surface area (Å²) >= 11 is 0. The smallest absolute Gasteiger partial charge is 0.387 e. The molecule has 1 aromatic carbocycles. The van der Waals surface area contributed by atoms with Gasteiger partial charge in [-0.25, -0.2) is 13.2 Å². The van der Waals surface area contributed by atoms with Crippen molar-refractivity contribution in [2.24, 2.45) is 11.3 Å². The maximum absolute atomic E-state index is 13.6. The van der Waals surface area contributed by atoms with Crippen molar-refractivity contribution in [3.05, 3.63) is 29.6 Å². The molecule has 0 bridgehead atoms. The number of halogens is 5. The van der Waals surface area contributed by atoms with Crippen LogP contribution in [0.25, 0.3) is 0 Å². The van der Waals surface area contributed by atoms with Crippen LogP contribution in [0.15, 0.2) is 18.2 Å². The number of hydrogen-bond donors (Lipinski definition) is 1. The SMILES string of the molecule is N#CC1(CN2CCC(CNC(=O)c3cc(F)cc(OC(F)F)c3)CC2)CCC(F)(F)CC1. The standard InChI is InChI=1S/C22H26F5N3O2/c23-17-9-16(10-18(11-17)32-20(24)25)19(31)29-12-15-1-7-30(8-2-15)14-21(13-28)3-5-22(26,27)6-4-21/h9-11,15,20H,1-8,12,14H2,(H,29,31). The van der Waals surface area contributed by atoms with E-state index >= 15 is 0 Å². The fourth-order valence-corrected chi connectivity index (χ4v) is 4.38. The van der Waals surface area contributed by atoms with E-state index in [1.165, 1.54) is 0 Å². The van der Waals surface area contributed by atoms with Crippen molar-refractivity contribution >= 4 is 5.91 Å². The van der Waals surface area contributed by atoms with Gasteiger partial charge in [0.25, 0.3) is 5.91 Å². The number of hydrogen-bond acceptors (Lipinski definition) is 4. The van der Waals surface area contributed by atoms with E-state index < -0.39 is 35.4 Å². The van der Waals surface area contributed by atoms with Gasteiger partial charge in [0, 0.05) is 37.6 Å². The topological polar surface area (TPSA) is 65.4 Å². The van der Waals surface area contributed by atoms with E-state index in [1.54, 1.807) is 0 Å². The van der Waals surface area contributed by atoms with E-state index in [9.17, 15) is 32.0 Å². The van der Waals surface area contributed by atoms with Gasteiger partial charge >= 0.3 is 6.61 Å². The third-order valence-corrected chi connectivity index (χ3v) is 6.32. The molecule has 0 atom stereocenters. The molecule has 2 fully saturated rings. The molecule has 10 heteroatoms. The van der Waals surface area contributed by atoms with E-state index in [-0.39, 0.29) is 37.2 Å². The van der Waals surface area contributed by atoms with Gasteiger partial charge in [0.1, 0.15) is 11.6 Å². The van der Waals surface area contributed by atoms with Crippen molar-refractivity contribution < 1.29 is 31.5 Å². The van der Waals surface area contributed by atoms with Crippen LogP contribution in [0.5, 0.6) is 5.75 Å². The summed E-state index contributed by atoms with van der Waals surface area (Å²) in [6, 6.07) is 5.06. The maximum Gasteiger partial charge on any atom is 0.387 e. The minimum absolute atomic E-state index is 0.108. The van der Waals surface area contributed by atoms with Gasteiger partial charge in [-0.1, -0.05) is 0 Å². The Morgan fingerprint density at radius 2 is 1.84 bits per heavy atom. The number of alkyl halides is 4. The molecular formula is C22H26F5N3O2. The lowest BCUT2D eigenvalue weighted by atomic mass is 9.73. The highest BCUT2D eigenvalue weighted by Gasteiger charge is 2.44. The first kappa shape index (κ1) is 24.2. The van der Waals surface area contributed by atoms with Crippen molar-refractivity contribution in [3.8, 4) is 11.8 Å². The van der Waals surface area contributed by atoms with Gasteiger partial charge in [-0.2, -0.15) is 14.0 Å². The lowest BCUT2D eigenvalue weighted by Gasteiger charge is -2.40. The van der Waals surface area contributed by atoms with E-state index in [2.05, 4.69) is 21.0 Å². The number of amides is 1. The van der Waals surface area contributed by atoms with Gasteiger partial charge in [-0.05, 0) is 56.8 Å². The molecule has 1 aromatic rings. The average molecular weight is 459 g/mol. The molecule has 0 aromatic heterocycles. The highest BCUT2D eigenvalue weighted by molar-refractivity contribution is 5.94. The van der Waals surface area contributed by atoms with Gasteiger partial charge in [0.15, 0.2) is 0 Å². The van der Waals surface area contributed by atoms with Crippen LogP contribution >= 0.6 is 0 Å². The summed E-state index contributed by atoms with van der Waals surface area (Å²) in [6.07, 6.45) is 1.37. The number of nitrogens with one attached hydrogen (secondary N) is 1. The molecule has 32 heavy (non-hydrogen) atoms. The number of ether oxygens (including phenoxy) is 1. The number of carbonyl (C=O) groups is 1. The predicted octanol–water partition coefficient (Wildman–Crippen LogP) is 4.59. The Hall–Kier alpha value is -2.41. The van der Waals surface area contributed by atoms with Crippen LogP contribution in [-0.4, -0.2) is 49.5 Å². The van der Waals surface area contributed by atoms with Crippen LogP contribution in [0.2, 0.25) is 0 Å². The summed E-state index contributed by atoms with van der Waals surface area (Å²) in [5.74, 6) is -4.38. The lowest BCUT2D eigenvalue weighted by molar-refractivity contribution is -0.0622. The number of carbonyl (C=O) groups excluding carboxylic acids is 1. The number of piperidine rings is 1. The van der Waals surface area contributed by atoms with Crippen LogP contribution < -0.4 is 10.1 Å². The van der Waals surface area contributed by atoms with Crippen molar-refractivity contribution in [1.82, 2.24) is 10.2 Å². The quantitative estimate of drug-likeness (QED) is 0.606. The zero-order chi connectivity index (χ0) is 23.4. The molecular weight excluding hydrogens is 433 g/mol. The second kappa shape index (κ2) is 10.0. The molecule has 1 amide bonds. The second-order valence-corrected chi connectivity index (χ2v) is 8.73. The number of benzene rings is 1. The summed E-state index contributed by atoms with van der Waals surface area (Å²) in [7, 11) is 0. The summed E-state index contributed by atoms with van der Waals surface area (Å²) in [5, 5.41) is 12.3.